The van der Waals surface area contributed by atoms with Crippen LogP contribution in [0.25, 0.3) is 10.9 Å². The minimum absolute atomic E-state index is 0.0559. The van der Waals surface area contributed by atoms with Gasteiger partial charge >= 0.3 is 0 Å². The monoisotopic (exact) mass is 378 g/mol. The molecular weight excluding hydrogens is 360 g/mol. The Morgan fingerprint density at radius 3 is 2.65 bits per heavy atom. The van der Waals surface area contributed by atoms with Crippen molar-refractivity contribution in [3.63, 3.8) is 0 Å². The molecule has 0 aliphatic heterocycles. The van der Waals surface area contributed by atoms with Crippen LogP contribution in [0.1, 0.15) is 29.9 Å². The number of carbonyl (C=O) groups is 1. The number of fused-ring (bicyclic) bond motifs is 1. The van der Waals surface area contributed by atoms with Gasteiger partial charge in [0.25, 0.3) is 5.91 Å². The summed E-state index contributed by atoms with van der Waals surface area (Å²) in [6.07, 6.45) is 2.72. The average molecular weight is 379 g/mol. The van der Waals surface area contributed by atoms with Gasteiger partial charge in [-0.25, -0.2) is 0 Å². The normalized spacial score (nSPS) is 11.0. The number of aryl methyl sites for hydroxylation is 1. The predicted molar refractivity (Wildman–Crippen MR) is 109 cm³/mol. The van der Waals surface area contributed by atoms with Crippen molar-refractivity contribution in [2.45, 2.75) is 19.9 Å². The predicted octanol–water partition coefficient (Wildman–Crippen LogP) is 5.19. The van der Waals surface area contributed by atoms with Crippen LogP contribution in [0.5, 0.6) is 0 Å². The maximum atomic E-state index is 12.4. The number of hydrogen-bond acceptors (Lipinski definition) is 4. The van der Waals surface area contributed by atoms with Crippen molar-refractivity contribution < 1.29 is 4.79 Å². The summed E-state index contributed by atoms with van der Waals surface area (Å²) in [7, 11) is 0. The molecule has 1 amide bonds. The third kappa shape index (κ3) is 3.84. The van der Waals surface area contributed by atoms with E-state index >= 15 is 0 Å². The molecule has 0 aliphatic rings. The first-order chi connectivity index (χ1) is 12.7. The standard InChI is InChI=1S/C21H18N2OS2/c1-14-4-6-17(25-14)12-18-7-8-19(26-18)13-23-21(24)16-5-9-20-15(11-16)3-2-10-22-20/h2-11H,12-13H2,1H3,(H,23,24). The van der Waals surface area contributed by atoms with Crippen LogP contribution in [0.2, 0.25) is 0 Å². The molecular formula is C21H18N2OS2. The van der Waals surface area contributed by atoms with Gasteiger partial charge in [0.2, 0.25) is 0 Å². The first-order valence-corrected chi connectivity index (χ1v) is 10.1. The van der Waals surface area contributed by atoms with Gasteiger partial charge in [-0.2, -0.15) is 0 Å². The number of pyridine rings is 1. The molecule has 3 heterocycles. The van der Waals surface area contributed by atoms with Crippen LogP contribution in [-0.2, 0) is 13.0 Å². The zero-order valence-electron chi connectivity index (χ0n) is 14.4. The second-order valence-corrected chi connectivity index (χ2v) is 8.78. The Balaban J connectivity index is 1.39. The maximum absolute atomic E-state index is 12.4. The summed E-state index contributed by atoms with van der Waals surface area (Å²) in [6.45, 7) is 2.68. The SMILES string of the molecule is Cc1ccc(Cc2ccc(CNC(=O)c3ccc4ncccc4c3)s2)s1. The minimum atomic E-state index is -0.0559. The number of hydrogen-bond donors (Lipinski definition) is 1. The Bertz CT molecular complexity index is 1060. The van der Waals surface area contributed by atoms with Crippen LogP contribution < -0.4 is 5.32 Å². The van der Waals surface area contributed by atoms with Crippen molar-refractivity contribution >= 4 is 39.5 Å². The lowest BCUT2D eigenvalue weighted by molar-refractivity contribution is 0.0951. The van der Waals surface area contributed by atoms with E-state index in [4.69, 9.17) is 0 Å². The minimum Gasteiger partial charge on any atom is -0.347 e. The largest absolute Gasteiger partial charge is 0.347 e. The van der Waals surface area contributed by atoms with Crippen molar-refractivity contribution in [3.8, 4) is 0 Å². The number of aromatic nitrogens is 1. The number of nitrogens with one attached hydrogen (secondary N) is 1. The third-order valence-electron chi connectivity index (χ3n) is 4.15. The van der Waals surface area contributed by atoms with Crippen LogP contribution in [-0.4, -0.2) is 10.9 Å². The van der Waals surface area contributed by atoms with Crippen LogP contribution in [0.15, 0.2) is 60.8 Å². The Labute approximate surface area is 160 Å². The van der Waals surface area contributed by atoms with Crippen molar-refractivity contribution in [2.24, 2.45) is 0 Å². The van der Waals surface area contributed by atoms with Crippen LogP contribution in [0, 0.1) is 6.92 Å². The summed E-state index contributed by atoms with van der Waals surface area (Å²) < 4.78 is 0. The Morgan fingerprint density at radius 1 is 1.00 bits per heavy atom. The van der Waals surface area contributed by atoms with Gasteiger partial charge in [0.15, 0.2) is 0 Å². The molecule has 0 unspecified atom stereocenters. The number of benzene rings is 1. The fourth-order valence-electron chi connectivity index (χ4n) is 2.85. The summed E-state index contributed by atoms with van der Waals surface area (Å²) >= 11 is 3.60. The zero-order valence-corrected chi connectivity index (χ0v) is 16.0. The fraction of sp³-hybridized carbons (Fsp3) is 0.143. The molecule has 0 fully saturated rings. The van der Waals surface area contributed by atoms with Crippen LogP contribution in [0.3, 0.4) is 0 Å². The topological polar surface area (TPSA) is 42.0 Å². The molecule has 0 aliphatic carbocycles. The lowest BCUT2D eigenvalue weighted by Crippen LogP contribution is -2.22. The van der Waals surface area contributed by atoms with E-state index in [2.05, 4.69) is 41.5 Å². The fourth-order valence-corrected chi connectivity index (χ4v) is 4.84. The molecule has 0 spiro atoms. The molecule has 0 radical (unpaired) electrons. The van der Waals surface area contributed by atoms with Gasteiger partial charge in [0, 0.05) is 43.1 Å². The Kier molecular flexibility index (Phi) is 4.82. The van der Waals surface area contributed by atoms with E-state index in [0.29, 0.717) is 12.1 Å². The van der Waals surface area contributed by atoms with E-state index in [1.165, 1.54) is 19.5 Å². The molecule has 0 atom stereocenters. The third-order valence-corrected chi connectivity index (χ3v) is 6.24. The lowest BCUT2D eigenvalue weighted by Gasteiger charge is -2.05. The van der Waals surface area contributed by atoms with Crippen molar-refractivity contribution in [3.05, 3.63) is 85.9 Å². The molecule has 4 rings (SSSR count). The first-order valence-electron chi connectivity index (χ1n) is 8.43. The van der Waals surface area contributed by atoms with Gasteiger partial charge in [-0.05, 0) is 55.5 Å². The highest BCUT2D eigenvalue weighted by atomic mass is 32.1. The summed E-state index contributed by atoms with van der Waals surface area (Å²) in [4.78, 5) is 21.9. The van der Waals surface area contributed by atoms with Gasteiger partial charge in [-0.15, -0.1) is 22.7 Å². The number of nitrogens with zero attached hydrogens (tertiary/aromatic N) is 1. The smallest absolute Gasteiger partial charge is 0.251 e. The number of amides is 1. The van der Waals surface area contributed by atoms with Gasteiger partial charge in [-0.3, -0.25) is 9.78 Å². The van der Waals surface area contributed by atoms with E-state index in [0.717, 1.165) is 17.3 Å². The first kappa shape index (κ1) is 16.9. The number of thiophene rings is 2. The van der Waals surface area contributed by atoms with E-state index in [1.54, 1.807) is 17.5 Å². The van der Waals surface area contributed by atoms with E-state index < -0.39 is 0 Å². The maximum Gasteiger partial charge on any atom is 0.251 e. The van der Waals surface area contributed by atoms with Gasteiger partial charge in [0.05, 0.1) is 12.1 Å². The molecule has 26 heavy (non-hydrogen) atoms. The molecule has 1 N–H and O–H groups in total. The van der Waals surface area contributed by atoms with Crippen molar-refractivity contribution in [1.82, 2.24) is 10.3 Å². The second kappa shape index (κ2) is 7.40. The second-order valence-electron chi connectivity index (χ2n) is 6.15. The van der Waals surface area contributed by atoms with Crippen molar-refractivity contribution in [2.75, 3.05) is 0 Å². The van der Waals surface area contributed by atoms with Gasteiger partial charge in [-0.1, -0.05) is 6.07 Å². The highest BCUT2D eigenvalue weighted by Gasteiger charge is 2.08. The lowest BCUT2D eigenvalue weighted by atomic mass is 10.1. The van der Waals surface area contributed by atoms with Crippen LogP contribution in [0.4, 0.5) is 0 Å². The quantitative estimate of drug-likeness (QED) is 0.519. The van der Waals surface area contributed by atoms with E-state index in [9.17, 15) is 4.79 Å². The molecule has 0 bridgehead atoms. The Morgan fingerprint density at radius 2 is 1.81 bits per heavy atom. The average Bonchev–Trinajstić information content (AvgIpc) is 3.28. The molecule has 5 heteroatoms. The Hall–Kier alpha value is -2.50. The zero-order chi connectivity index (χ0) is 17.9. The van der Waals surface area contributed by atoms with E-state index in [1.807, 2.05) is 41.7 Å². The molecule has 130 valence electrons. The molecule has 1 aromatic carbocycles. The summed E-state index contributed by atoms with van der Waals surface area (Å²) in [5.41, 5.74) is 1.56. The summed E-state index contributed by atoms with van der Waals surface area (Å²) in [5.74, 6) is -0.0559. The molecule has 3 aromatic heterocycles. The molecule has 0 saturated carbocycles. The van der Waals surface area contributed by atoms with Gasteiger partial charge < -0.3 is 5.32 Å². The van der Waals surface area contributed by atoms with Crippen molar-refractivity contribution in [1.29, 1.82) is 0 Å². The highest BCUT2D eigenvalue weighted by molar-refractivity contribution is 7.13. The van der Waals surface area contributed by atoms with Gasteiger partial charge in [0.1, 0.15) is 0 Å². The molecule has 0 saturated heterocycles. The molecule has 4 aromatic rings. The summed E-state index contributed by atoms with van der Waals surface area (Å²) in [6, 6.07) is 18.1. The molecule has 3 nitrogen and oxygen atoms in total. The number of rotatable bonds is 5. The van der Waals surface area contributed by atoms with Crippen LogP contribution >= 0.6 is 22.7 Å². The van der Waals surface area contributed by atoms with E-state index in [-0.39, 0.29) is 5.91 Å². The summed E-state index contributed by atoms with van der Waals surface area (Å²) in [5, 5.41) is 3.99. The number of carbonyl (C=O) groups excluding carboxylic acids is 1. The highest BCUT2D eigenvalue weighted by Crippen LogP contribution is 2.24.